The van der Waals surface area contributed by atoms with E-state index in [-0.39, 0.29) is 18.4 Å². The summed E-state index contributed by atoms with van der Waals surface area (Å²) in [6.45, 7) is 5.01. The summed E-state index contributed by atoms with van der Waals surface area (Å²) in [6.07, 6.45) is 1.68. The van der Waals surface area contributed by atoms with Crippen molar-refractivity contribution in [1.29, 1.82) is 0 Å². The van der Waals surface area contributed by atoms with Crippen LogP contribution in [0.1, 0.15) is 25.3 Å². The van der Waals surface area contributed by atoms with E-state index in [1.807, 2.05) is 13.8 Å². The van der Waals surface area contributed by atoms with Gasteiger partial charge < -0.3 is 5.73 Å². The Morgan fingerprint density at radius 2 is 1.90 bits per heavy atom. The first-order valence-electron chi connectivity index (χ1n) is 6.84. The molecule has 1 saturated heterocycles. The lowest BCUT2D eigenvalue weighted by Crippen LogP contribution is -2.42. The zero-order chi connectivity index (χ0) is 14.9. The van der Waals surface area contributed by atoms with E-state index in [4.69, 9.17) is 5.73 Å². The number of nitrogens with two attached hydrogens (primary N) is 1. The summed E-state index contributed by atoms with van der Waals surface area (Å²) >= 11 is 3.39. The standard InChI is InChI=1S/C14H21BrN2O2S.ClH/c1-10-9-13(3-4-14(10)15)20(18,19)17-7-5-12(6-8-17)11(2)16;/h3-4,9,11-12H,5-8,16H2,1-2H3;1H. The van der Waals surface area contributed by atoms with Crippen LogP contribution in [0.3, 0.4) is 0 Å². The monoisotopic (exact) mass is 396 g/mol. The van der Waals surface area contributed by atoms with Gasteiger partial charge in [-0.2, -0.15) is 4.31 Å². The molecule has 2 N–H and O–H groups in total. The third kappa shape index (κ3) is 4.20. The second-order valence-corrected chi connectivity index (χ2v) is 8.30. The number of aryl methyl sites for hydroxylation is 1. The van der Waals surface area contributed by atoms with Crippen LogP contribution in [0.5, 0.6) is 0 Å². The zero-order valence-corrected chi connectivity index (χ0v) is 15.5. The quantitative estimate of drug-likeness (QED) is 0.853. The summed E-state index contributed by atoms with van der Waals surface area (Å²) < 4.78 is 27.7. The highest BCUT2D eigenvalue weighted by Gasteiger charge is 2.30. The van der Waals surface area contributed by atoms with Crippen LogP contribution in [0.4, 0.5) is 0 Å². The Balaban J connectivity index is 0.00000220. The van der Waals surface area contributed by atoms with Crippen molar-refractivity contribution in [3.05, 3.63) is 28.2 Å². The number of piperidine rings is 1. The Labute approximate surface area is 141 Å². The molecule has 1 heterocycles. The molecule has 1 aliphatic rings. The van der Waals surface area contributed by atoms with Gasteiger partial charge in [0.25, 0.3) is 0 Å². The summed E-state index contributed by atoms with van der Waals surface area (Å²) in [5.74, 6) is 0.424. The third-order valence-electron chi connectivity index (χ3n) is 4.01. The van der Waals surface area contributed by atoms with Crippen molar-refractivity contribution in [2.75, 3.05) is 13.1 Å². The van der Waals surface area contributed by atoms with Gasteiger partial charge in [0.2, 0.25) is 10.0 Å². The summed E-state index contributed by atoms with van der Waals surface area (Å²) in [7, 11) is -3.38. The fraction of sp³-hybridized carbons (Fsp3) is 0.571. The molecule has 0 aliphatic carbocycles. The highest BCUT2D eigenvalue weighted by Crippen LogP contribution is 2.27. The van der Waals surface area contributed by atoms with E-state index in [1.54, 1.807) is 22.5 Å². The van der Waals surface area contributed by atoms with Gasteiger partial charge in [-0.25, -0.2) is 8.42 Å². The highest BCUT2D eigenvalue weighted by atomic mass is 79.9. The number of sulfonamides is 1. The molecule has 1 aromatic carbocycles. The van der Waals surface area contributed by atoms with E-state index < -0.39 is 10.0 Å². The molecule has 1 fully saturated rings. The maximum absolute atomic E-state index is 12.6. The number of nitrogens with zero attached hydrogens (tertiary/aromatic N) is 1. The van der Waals surface area contributed by atoms with E-state index in [0.29, 0.717) is 23.9 Å². The van der Waals surface area contributed by atoms with Crippen molar-refractivity contribution in [2.24, 2.45) is 11.7 Å². The first-order chi connectivity index (χ1) is 9.32. The Kier molecular flexibility index (Phi) is 6.68. The molecule has 0 saturated carbocycles. The zero-order valence-electron chi connectivity index (χ0n) is 12.3. The molecule has 0 amide bonds. The maximum atomic E-state index is 12.6. The normalized spacial score (nSPS) is 19.0. The van der Waals surface area contributed by atoms with Crippen molar-refractivity contribution >= 4 is 38.4 Å². The van der Waals surface area contributed by atoms with E-state index >= 15 is 0 Å². The maximum Gasteiger partial charge on any atom is 0.243 e. The molecule has 0 aromatic heterocycles. The minimum Gasteiger partial charge on any atom is -0.328 e. The number of hydrogen-bond donors (Lipinski definition) is 1. The van der Waals surface area contributed by atoms with Crippen LogP contribution in [0.25, 0.3) is 0 Å². The van der Waals surface area contributed by atoms with Gasteiger partial charge >= 0.3 is 0 Å². The number of benzene rings is 1. The molecule has 0 bridgehead atoms. The minimum atomic E-state index is -3.38. The second-order valence-electron chi connectivity index (χ2n) is 5.51. The molecule has 2 rings (SSSR count). The fourth-order valence-corrected chi connectivity index (χ4v) is 4.37. The fourth-order valence-electron chi connectivity index (χ4n) is 2.57. The van der Waals surface area contributed by atoms with E-state index in [9.17, 15) is 8.42 Å². The van der Waals surface area contributed by atoms with Crippen LogP contribution in [-0.2, 0) is 10.0 Å². The van der Waals surface area contributed by atoms with Crippen LogP contribution < -0.4 is 5.73 Å². The molecular formula is C14H22BrClN2O2S. The van der Waals surface area contributed by atoms with Crippen molar-refractivity contribution in [2.45, 2.75) is 37.6 Å². The number of hydrogen-bond acceptors (Lipinski definition) is 3. The molecule has 1 aliphatic heterocycles. The van der Waals surface area contributed by atoms with E-state index in [1.165, 1.54) is 0 Å². The summed E-state index contributed by atoms with van der Waals surface area (Å²) in [4.78, 5) is 0.373. The minimum absolute atomic E-state index is 0. The van der Waals surface area contributed by atoms with Crippen molar-refractivity contribution in [3.8, 4) is 0 Å². The van der Waals surface area contributed by atoms with Crippen molar-refractivity contribution in [3.63, 3.8) is 0 Å². The smallest absolute Gasteiger partial charge is 0.243 e. The van der Waals surface area contributed by atoms with Gasteiger partial charge in [-0.3, -0.25) is 0 Å². The van der Waals surface area contributed by atoms with Crippen LogP contribution >= 0.6 is 28.3 Å². The summed E-state index contributed by atoms with van der Waals surface area (Å²) in [5.41, 5.74) is 6.82. The van der Waals surface area contributed by atoms with E-state index in [0.717, 1.165) is 22.9 Å². The van der Waals surface area contributed by atoms with Gasteiger partial charge in [-0.05, 0) is 56.4 Å². The molecule has 0 spiro atoms. The van der Waals surface area contributed by atoms with Crippen LogP contribution in [0.15, 0.2) is 27.6 Å². The molecular weight excluding hydrogens is 376 g/mol. The Bertz CT molecular complexity index is 585. The van der Waals surface area contributed by atoms with Gasteiger partial charge in [0.1, 0.15) is 0 Å². The van der Waals surface area contributed by atoms with Gasteiger partial charge in [0.15, 0.2) is 0 Å². The largest absolute Gasteiger partial charge is 0.328 e. The van der Waals surface area contributed by atoms with Crippen molar-refractivity contribution < 1.29 is 8.42 Å². The summed E-state index contributed by atoms with van der Waals surface area (Å²) in [6, 6.07) is 5.30. The molecule has 0 radical (unpaired) electrons. The van der Waals surface area contributed by atoms with Gasteiger partial charge in [-0.15, -0.1) is 12.4 Å². The average molecular weight is 398 g/mol. The molecule has 7 heteroatoms. The molecule has 4 nitrogen and oxygen atoms in total. The van der Waals surface area contributed by atoms with Gasteiger partial charge in [0, 0.05) is 23.6 Å². The predicted molar refractivity (Wildman–Crippen MR) is 91.3 cm³/mol. The van der Waals surface area contributed by atoms with Crippen molar-refractivity contribution in [1.82, 2.24) is 4.31 Å². The Morgan fingerprint density at radius 3 is 2.38 bits per heavy atom. The molecule has 1 aromatic rings. The molecule has 1 atom stereocenters. The first kappa shape index (κ1) is 18.9. The topological polar surface area (TPSA) is 63.4 Å². The lowest BCUT2D eigenvalue weighted by molar-refractivity contribution is 0.250. The van der Waals surface area contributed by atoms with Crippen LogP contribution in [0, 0.1) is 12.8 Å². The number of halogens is 2. The number of rotatable bonds is 3. The third-order valence-corrected chi connectivity index (χ3v) is 6.79. The summed E-state index contributed by atoms with van der Waals surface area (Å²) in [5, 5.41) is 0. The Morgan fingerprint density at radius 1 is 1.33 bits per heavy atom. The van der Waals surface area contributed by atoms with Gasteiger partial charge in [-0.1, -0.05) is 15.9 Å². The van der Waals surface area contributed by atoms with Crippen LogP contribution in [0.2, 0.25) is 0 Å². The van der Waals surface area contributed by atoms with Gasteiger partial charge in [0.05, 0.1) is 4.90 Å². The predicted octanol–water partition coefficient (Wildman–Crippen LogP) is 2.93. The molecule has 21 heavy (non-hydrogen) atoms. The molecule has 1 unspecified atom stereocenters. The second kappa shape index (κ2) is 7.42. The lowest BCUT2D eigenvalue weighted by Gasteiger charge is -2.33. The first-order valence-corrected chi connectivity index (χ1v) is 9.07. The average Bonchev–Trinajstić information content (AvgIpc) is 2.41. The van der Waals surface area contributed by atoms with Crippen LogP contribution in [-0.4, -0.2) is 31.9 Å². The SMILES string of the molecule is Cc1cc(S(=O)(=O)N2CCC(C(C)N)CC2)ccc1Br.Cl. The molecule has 120 valence electrons. The lowest BCUT2D eigenvalue weighted by atomic mass is 9.92. The highest BCUT2D eigenvalue weighted by molar-refractivity contribution is 9.10. The Hall–Kier alpha value is -0.140. The van der Waals surface area contributed by atoms with E-state index in [2.05, 4.69) is 15.9 Å².